The number of hydrogen-bond acceptors (Lipinski definition) is 6. The molecule has 0 amide bonds. The topological polar surface area (TPSA) is 56.5 Å². The first-order chi connectivity index (χ1) is 12.3. The Morgan fingerprint density at radius 1 is 1.12 bits per heavy atom. The highest BCUT2D eigenvalue weighted by atomic mass is 79.9. The molecule has 0 bridgehead atoms. The van der Waals surface area contributed by atoms with Crippen molar-refractivity contribution in [2.24, 2.45) is 0 Å². The summed E-state index contributed by atoms with van der Waals surface area (Å²) in [6.07, 6.45) is 1.76. The second-order valence-electron chi connectivity index (χ2n) is 5.48. The minimum absolute atomic E-state index is 0.203. The maximum absolute atomic E-state index is 6.08. The van der Waals surface area contributed by atoms with Crippen molar-refractivity contribution in [3.63, 3.8) is 0 Å². The number of halogens is 1. The van der Waals surface area contributed by atoms with Crippen LogP contribution in [0.5, 0.6) is 11.5 Å². The summed E-state index contributed by atoms with van der Waals surface area (Å²) in [7, 11) is 0. The van der Waals surface area contributed by atoms with Gasteiger partial charge in [-0.15, -0.1) is 11.3 Å². The highest BCUT2D eigenvalue weighted by Gasteiger charge is 2.25. The third-order valence-electron chi connectivity index (χ3n) is 3.94. The number of thiazole rings is 1. The van der Waals surface area contributed by atoms with Crippen molar-refractivity contribution < 1.29 is 13.9 Å². The number of anilines is 2. The molecule has 0 radical (unpaired) electrons. The van der Waals surface area contributed by atoms with Crippen molar-refractivity contribution in [3.05, 3.63) is 52.4 Å². The second kappa shape index (κ2) is 5.79. The van der Waals surface area contributed by atoms with Crippen molar-refractivity contribution in [2.75, 3.05) is 12.1 Å². The van der Waals surface area contributed by atoms with E-state index in [0.29, 0.717) is 11.5 Å². The zero-order valence-electron chi connectivity index (χ0n) is 12.8. The summed E-state index contributed by atoms with van der Waals surface area (Å²) in [6.45, 7) is 0.203. The Labute approximate surface area is 155 Å². The first-order valence-corrected chi connectivity index (χ1v) is 9.24. The quantitative estimate of drug-likeness (QED) is 0.459. The molecule has 0 saturated heterocycles. The molecule has 5 rings (SSSR count). The standard InChI is InChI=1S/C18H11BrN2O3S/c19-11-1-3-13-10(7-11)8-15(24-13)16-12(21-18-20-5-6-25-18)2-4-14-17(16)23-9-22-14/h1-8H,9H2,(H,20,21). The molecule has 124 valence electrons. The van der Waals surface area contributed by atoms with Crippen molar-refractivity contribution in [1.29, 1.82) is 0 Å². The van der Waals surface area contributed by atoms with Crippen LogP contribution in [0.4, 0.5) is 10.8 Å². The van der Waals surface area contributed by atoms with E-state index in [1.54, 1.807) is 6.20 Å². The molecule has 1 aliphatic heterocycles. The summed E-state index contributed by atoms with van der Waals surface area (Å²) < 4.78 is 18.3. The predicted octanol–water partition coefficient (Wildman–Crippen LogP) is 5.79. The lowest BCUT2D eigenvalue weighted by atomic mass is 10.1. The van der Waals surface area contributed by atoms with Gasteiger partial charge in [-0.3, -0.25) is 0 Å². The van der Waals surface area contributed by atoms with Crippen LogP contribution in [0.1, 0.15) is 0 Å². The number of aromatic nitrogens is 1. The fourth-order valence-corrected chi connectivity index (χ4v) is 3.78. The van der Waals surface area contributed by atoms with Crippen LogP contribution >= 0.6 is 27.3 Å². The van der Waals surface area contributed by atoms with E-state index in [1.807, 2.05) is 41.8 Å². The van der Waals surface area contributed by atoms with E-state index in [-0.39, 0.29) is 6.79 Å². The van der Waals surface area contributed by atoms with Crippen LogP contribution < -0.4 is 14.8 Å². The SMILES string of the molecule is Brc1ccc2oc(-c3c(Nc4nccs4)ccc4c3OCO4)cc2c1. The minimum Gasteiger partial charge on any atom is -0.456 e. The van der Waals surface area contributed by atoms with Gasteiger partial charge >= 0.3 is 0 Å². The van der Waals surface area contributed by atoms with Crippen LogP contribution in [0.15, 0.2) is 56.9 Å². The fraction of sp³-hybridized carbons (Fsp3) is 0.0556. The first kappa shape index (κ1) is 14.8. The van der Waals surface area contributed by atoms with E-state index in [0.717, 1.165) is 37.6 Å². The van der Waals surface area contributed by atoms with Gasteiger partial charge in [-0.1, -0.05) is 15.9 Å². The normalized spacial score (nSPS) is 12.7. The van der Waals surface area contributed by atoms with Crippen molar-refractivity contribution in [3.8, 4) is 22.8 Å². The van der Waals surface area contributed by atoms with E-state index >= 15 is 0 Å². The lowest BCUT2D eigenvalue weighted by molar-refractivity contribution is 0.174. The van der Waals surface area contributed by atoms with Gasteiger partial charge in [0.15, 0.2) is 16.6 Å². The summed E-state index contributed by atoms with van der Waals surface area (Å²) in [6, 6.07) is 11.8. The van der Waals surface area contributed by atoms with E-state index in [2.05, 4.69) is 26.2 Å². The number of fused-ring (bicyclic) bond motifs is 2. The summed E-state index contributed by atoms with van der Waals surface area (Å²) in [4.78, 5) is 4.29. The molecule has 7 heteroatoms. The molecule has 0 spiro atoms. The number of furan rings is 1. The van der Waals surface area contributed by atoms with Crippen LogP contribution in [0, 0.1) is 0 Å². The largest absolute Gasteiger partial charge is 0.456 e. The van der Waals surface area contributed by atoms with E-state index < -0.39 is 0 Å². The third kappa shape index (κ3) is 2.56. The highest BCUT2D eigenvalue weighted by Crippen LogP contribution is 2.48. The molecule has 1 N–H and O–H groups in total. The Morgan fingerprint density at radius 3 is 2.96 bits per heavy atom. The van der Waals surface area contributed by atoms with Gasteiger partial charge in [0.2, 0.25) is 6.79 Å². The van der Waals surface area contributed by atoms with Crippen molar-refractivity contribution in [1.82, 2.24) is 4.98 Å². The number of rotatable bonds is 3. The molecule has 0 fully saturated rings. The van der Waals surface area contributed by atoms with E-state index in [9.17, 15) is 0 Å². The summed E-state index contributed by atoms with van der Waals surface area (Å²) >= 11 is 5.03. The van der Waals surface area contributed by atoms with Gasteiger partial charge in [-0.05, 0) is 36.4 Å². The van der Waals surface area contributed by atoms with Gasteiger partial charge in [0.25, 0.3) is 0 Å². The Hall–Kier alpha value is -2.51. The highest BCUT2D eigenvalue weighted by molar-refractivity contribution is 9.10. The maximum Gasteiger partial charge on any atom is 0.231 e. The van der Waals surface area contributed by atoms with Gasteiger partial charge in [0.1, 0.15) is 11.3 Å². The smallest absolute Gasteiger partial charge is 0.231 e. The first-order valence-electron chi connectivity index (χ1n) is 7.56. The van der Waals surface area contributed by atoms with Crippen molar-refractivity contribution >= 4 is 49.1 Å². The number of hydrogen-bond donors (Lipinski definition) is 1. The molecular formula is C18H11BrN2O3S. The average Bonchev–Trinajstić information content (AvgIpc) is 3.34. The van der Waals surface area contributed by atoms with Gasteiger partial charge in [0, 0.05) is 21.4 Å². The van der Waals surface area contributed by atoms with Gasteiger partial charge in [-0.2, -0.15) is 0 Å². The molecule has 1 aliphatic rings. The van der Waals surface area contributed by atoms with E-state index in [1.165, 1.54) is 11.3 Å². The molecule has 2 aromatic heterocycles. The summed E-state index contributed by atoms with van der Waals surface area (Å²) in [5, 5.41) is 7.08. The van der Waals surface area contributed by atoms with Crippen LogP contribution in [-0.4, -0.2) is 11.8 Å². The minimum atomic E-state index is 0.203. The lowest BCUT2D eigenvalue weighted by Crippen LogP contribution is -1.95. The number of nitrogens with zero attached hydrogens (tertiary/aromatic N) is 1. The number of ether oxygens (including phenoxy) is 2. The molecule has 0 aliphatic carbocycles. The number of benzene rings is 2. The molecule has 5 nitrogen and oxygen atoms in total. The Kier molecular flexibility index (Phi) is 3.43. The molecule has 0 unspecified atom stereocenters. The van der Waals surface area contributed by atoms with Gasteiger partial charge in [0.05, 0.1) is 11.3 Å². The lowest BCUT2D eigenvalue weighted by Gasteiger charge is -2.11. The van der Waals surface area contributed by atoms with Gasteiger partial charge < -0.3 is 19.2 Å². The van der Waals surface area contributed by atoms with Crippen molar-refractivity contribution in [2.45, 2.75) is 0 Å². The Morgan fingerprint density at radius 2 is 2.08 bits per heavy atom. The molecule has 2 aromatic carbocycles. The molecule has 0 atom stereocenters. The van der Waals surface area contributed by atoms with Crippen LogP contribution in [0.3, 0.4) is 0 Å². The van der Waals surface area contributed by atoms with Crippen LogP contribution in [-0.2, 0) is 0 Å². The molecule has 4 aromatic rings. The Balaban J connectivity index is 1.70. The zero-order valence-corrected chi connectivity index (χ0v) is 15.2. The second-order valence-corrected chi connectivity index (χ2v) is 7.29. The Bertz CT molecular complexity index is 1080. The van der Waals surface area contributed by atoms with Gasteiger partial charge in [-0.25, -0.2) is 4.98 Å². The summed E-state index contributed by atoms with van der Waals surface area (Å²) in [5.74, 6) is 2.11. The fourth-order valence-electron chi connectivity index (χ4n) is 2.86. The van der Waals surface area contributed by atoms with E-state index in [4.69, 9.17) is 13.9 Å². The molecular weight excluding hydrogens is 404 g/mol. The monoisotopic (exact) mass is 414 g/mol. The molecule has 0 saturated carbocycles. The van der Waals surface area contributed by atoms with Crippen LogP contribution in [0.25, 0.3) is 22.3 Å². The molecule has 3 heterocycles. The number of nitrogens with one attached hydrogen (secondary N) is 1. The van der Waals surface area contributed by atoms with Crippen LogP contribution in [0.2, 0.25) is 0 Å². The molecule has 25 heavy (non-hydrogen) atoms. The zero-order chi connectivity index (χ0) is 16.8. The third-order valence-corrected chi connectivity index (χ3v) is 5.12. The predicted molar refractivity (Wildman–Crippen MR) is 101 cm³/mol. The summed E-state index contributed by atoms with van der Waals surface area (Å²) in [5.41, 5.74) is 2.50. The average molecular weight is 415 g/mol. The maximum atomic E-state index is 6.08.